The Morgan fingerprint density at radius 2 is 1.79 bits per heavy atom. The first-order valence-corrected chi connectivity index (χ1v) is 7.14. The van der Waals surface area contributed by atoms with E-state index in [9.17, 15) is 19.5 Å². The molecule has 0 bridgehead atoms. The van der Waals surface area contributed by atoms with Crippen LogP contribution >= 0.6 is 0 Å². The molecule has 0 spiro atoms. The van der Waals surface area contributed by atoms with E-state index in [-0.39, 0.29) is 6.61 Å². The number of carboxylic acid groups (broad SMARTS) is 2. The molecule has 9 nitrogen and oxygen atoms in total. The lowest BCUT2D eigenvalue weighted by Gasteiger charge is -2.20. The van der Waals surface area contributed by atoms with Crippen molar-refractivity contribution < 1.29 is 34.4 Å². The second-order valence-electron chi connectivity index (χ2n) is 5.03. The molecule has 1 unspecified atom stereocenters. The van der Waals surface area contributed by atoms with Crippen LogP contribution in [-0.4, -0.2) is 51.7 Å². The number of rotatable bonds is 10. The van der Waals surface area contributed by atoms with E-state index in [0.717, 1.165) is 5.56 Å². The van der Waals surface area contributed by atoms with Gasteiger partial charge in [0.25, 0.3) is 0 Å². The number of aliphatic carboxylic acids is 2. The van der Waals surface area contributed by atoms with Crippen LogP contribution in [0, 0.1) is 0 Å². The maximum atomic E-state index is 11.9. The molecule has 0 radical (unpaired) electrons. The number of carbonyl (C=O) groups is 3. The molecular formula is C15H20N2O7. The van der Waals surface area contributed by atoms with Gasteiger partial charge in [0.2, 0.25) is 12.3 Å². The molecule has 0 fully saturated rings. The number of amides is 1. The molecule has 0 saturated carbocycles. The minimum atomic E-state index is -1.55. The van der Waals surface area contributed by atoms with E-state index in [1.807, 2.05) is 18.2 Å². The smallest absolute Gasteiger partial charge is 0.326 e. The van der Waals surface area contributed by atoms with Crippen LogP contribution in [0.3, 0.4) is 0 Å². The van der Waals surface area contributed by atoms with Crippen LogP contribution in [0.2, 0.25) is 0 Å². The van der Waals surface area contributed by atoms with Gasteiger partial charge in [-0.3, -0.25) is 14.9 Å². The first-order valence-electron chi connectivity index (χ1n) is 7.14. The molecular weight excluding hydrogens is 320 g/mol. The zero-order chi connectivity index (χ0) is 18.1. The van der Waals surface area contributed by atoms with Gasteiger partial charge in [0.1, 0.15) is 6.04 Å². The average Bonchev–Trinajstić information content (AvgIpc) is 2.52. The quantitative estimate of drug-likeness (QED) is 0.358. The van der Waals surface area contributed by atoms with Crippen molar-refractivity contribution in [2.75, 3.05) is 0 Å². The van der Waals surface area contributed by atoms with Crippen molar-refractivity contribution in [3.05, 3.63) is 35.9 Å². The average molecular weight is 340 g/mol. The number of carbonyl (C=O) groups excluding carboxylic acids is 1. The monoisotopic (exact) mass is 340 g/mol. The number of aliphatic hydroxyl groups is 1. The summed E-state index contributed by atoms with van der Waals surface area (Å²) >= 11 is 0. The minimum Gasteiger partial charge on any atom is -0.481 e. The molecule has 132 valence electrons. The number of aliphatic hydroxyl groups excluding tert-OH is 1. The van der Waals surface area contributed by atoms with E-state index in [1.165, 1.54) is 6.92 Å². The van der Waals surface area contributed by atoms with Crippen molar-refractivity contribution >= 4 is 17.8 Å². The molecule has 0 aromatic heterocycles. The number of hydrogen-bond acceptors (Lipinski definition) is 6. The first kappa shape index (κ1) is 19.6. The minimum absolute atomic E-state index is 0.111. The van der Waals surface area contributed by atoms with Crippen LogP contribution < -0.4 is 10.6 Å². The molecule has 24 heavy (non-hydrogen) atoms. The van der Waals surface area contributed by atoms with E-state index in [1.54, 1.807) is 12.1 Å². The molecule has 1 aromatic carbocycles. The normalized spacial score (nSPS) is 14.4. The zero-order valence-electron chi connectivity index (χ0n) is 13.0. The highest BCUT2D eigenvalue weighted by atomic mass is 16.6. The van der Waals surface area contributed by atoms with Gasteiger partial charge in [-0.2, -0.15) is 0 Å². The van der Waals surface area contributed by atoms with Gasteiger partial charge in [-0.25, -0.2) is 4.79 Å². The maximum Gasteiger partial charge on any atom is 0.326 e. The number of nitrogens with one attached hydrogen (secondary N) is 2. The van der Waals surface area contributed by atoms with E-state index in [0.29, 0.717) is 0 Å². The standard InChI is InChI=1S/C15H20N2O7/c1-9(13(20)17-11(14(21)22)7-12(18)19)16-15(23)24-8-10-5-3-2-4-6-10/h2-6,9,11,15-16,23H,7-8H2,1H3,(H,17,20)(H,18,19)(H,21,22)/t9-,11-,15?/m0/s1. The summed E-state index contributed by atoms with van der Waals surface area (Å²) in [6, 6.07) is 6.50. The van der Waals surface area contributed by atoms with E-state index < -0.39 is 42.8 Å². The van der Waals surface area contributed by atoms with Crippen molar-refractivity contribution in [2.24, 2.45) is 0 Å². The van der Waals surface area contributed by atoms with Gasteiger partial charge in [0.05, 0.1) is 19.1 Å². The van der Waals surface area contributed by atoms with E-state index in [4.69, 9.17) is 14.9 Å². The van der Waals surface area contributed by atoms with Gasteiger partial charge in [0.15, 0.2) is 0 Å². The van der Waals surface area contributed by atoms with Gasteiger partial charge >= 0.3 is 11.9 Å². The van der Waals surface area contributed by atoms with E-state index >= 15 is 0 Å². The number of carboxylic acids is 2. The molecule has 0 aliphatic carbocycles. The summed E-state index contributed by atoms with van der Waals surface area (Å²) in [6.07, 6.45) is -2.20. The summed E-state index contributed by atoms with van der Waals surface area (Å²) in [5.41, 5.74) is 0.822. The topological polar surface area (TPSA) is 145 Å². The highest BCUT2D eigenvalue weighted by molar-refractivity contribution is 5.88. The molecule has 0 heterocycles. The Morgan fingerprint density at radius 1 is 1.17 bits per heavy atom. The number of benzene rings is 1. The Hall–Kier alpha value is -2.49. The van der Waals surface area contributed by atoms with Crippen LogP contribution in [0.15, 0.2) is 30.3 Å². The van der Waals surface area contributed by atoms with Crippen LogP contribution in [0.1, 0.15) is 18.9 Å². The lowest BCUT2D eigenvalue weighted by molar-refractivity contribution is -0.150. The summed E-state index contributed by atoms with van der Waals surface area (Å²) in [6.45, 7) is 1.49. The Morgan fingerprint density at radius 3 is 2.33 bits per heavy atom. The third-order valence-corrected chi connectivity index (χ3v) is 3.03. The fraction of sp³-hybridized carbons (Fsp3) is 0.400. The molecule has 1 rings (SSSR count). The molecule has 0 aliphatic heterocycles. The Kier molecular flexibility index (Phi) is 7.83. The maximum absolute atomic E-state index is 11.9. The van der Waals surface area contributed by atoms with E-state index in [2.05, 4.69) is 10.6 Å². The zero-order valence-corrected chi connectivity index (χ0v) is 13.0. The highest BCUT2D eigenvalue weighted by Gasteiger charge is 2.26. The third kappa shape index (κ3) is 7.18. The predicted octanol–water partition coefficient (Wildman–Crippen LogP) is -0.499. The number of ether oxygens (including phenoxy) is 1. The second-order valence-corrected chi connectivity index (χ2v) is 5.03. The van der Waals surface area contributed by atoms with Gasteiger partial charge in [0, 0.05) is 0 Å². The SMILES string of the molecule is C[C@H](NC(O)OCc1ccccc1)C(=O)N[C@@H](CC(=O)O)C(=O)O. The fourth-order valence-electron chi connectivity index (χ4n) is 1.76. The van der Waals surface area contributed by atoms with Crippen molar-refractivity contribution in [3.63, 3.8) is 0 Å². The summed E-state index contributed by atoms with van der Waals surface area (Å²) in [4.78, 5) is 33.3. The first-order chi connectivity index (χ1) is 11.3. The Bertz CT molecular complexity index is 564. The largest absolute Gasteiger partial charge is 0.481 e. The molecule has 1 amide bonds. The van der Waals surface area contributed by atoms with Gasteiger partial charge in [-0.15, -0.1) is 0 Å². The molecule has 5 N–H and O–H groups in total. The summed E-state index contributed by atoms with van der Waals surface area (Å²) in [5, 5.41) is 31.7. The van der Waals surface area contributed by atoms with Crippen LogP contribution in [-0.2, 0) is 25.7 Å². The van der Waals surface area contributed by atoms with Gasteiger partial charge in [-0.1, -0.05) is 30.3 Å². The Balaban J connectivity index is 2.44. The highest BCUT2D eigenvalue weighted by Crippen LogP contribution is 2.02. The lowest BCUT2D eigenvalue weighted by atomic mass is 10.2. The summed E-state index contributed by atoms with van der Waals surface area (Å²) in [5.74, 6) is -3.58. The second kappa shape index (κ2) is 9.60. The van der Waals surface area contributed by atoms with Crippen molar-refractivity contribution in [3.8, 4) is 0 Å². The molecule has 0 aliphatic rings. The van der Waals surface area contributed by atoms with Gasteiger partial charge < -0.3 is 25.4 Å². The van der Waals surface area contributed by atoms with Crippen molar-refractivity contribution in [1.29, 1.82) is 0 Å². The van der Waals surface area contributed by atoms with Crippen LogP contribution in [0.25, 0.3) is 0 Å². The fourth-order valence-corrected chi connectivity index (χ4v) is 1.76. The number of hydrogen-bond donors (Lipinski definition) is 5. The molecule has 1 aromatic rings. The molecule has 9 heteroatoms. The van der Waals surface area contributed by atoms with Crippen LogP contribution in [0.5, 0.6) is 0 Å². The van der Waals surface area contributed by atoms with Crippen LogP contribution in [0.4, 0.5) is 0 Å². The molecule has 0 saturated heterocycles. The lowest BCUT2D eigenvalue weighted by Crippen LogP contribution is -2.52. The Labute approximate surface area is 138 Å². The summed E-state index contributed by atoms with van der Waals surface area (Å²) in [7, 11) is 0. The van der Waals surface area contributed by atoms with Crippen molar-refractivity contribution in [2.45, 2.75) is 38.4 Å². The molecule has 3 atom stereocenters. The predicted molar refractivity (Wildman–Crippen MR) is 81.7 cm³/mol. The van der Waals surface area contributed by atoms with Gasteiger partial charge in [-0.05, 0) is 12.5 Å². The van der Waals surface area contributed by atoms with Crippen molar-refractivity contribution in [1.82, 2.24) is 10.6 Å². The summed E-state index contributed by atoms with van der Waals surface area (Å²) < 4.78 is 5.12. The third-order valence-electron chi connectivity index (χ3n) is 3.03.